The van der Waals surface area contributed by atoms with E-state index in [1.54, 1.807) is 36.4 Å². The Morgan fingerprint density at radius 3 is 1.34 bits per heavy atom. The fourth-order valence-electron chi connectivity index (χ4n) is 8.70. The fourth-order valence-corrected chi connectivity index (χ4v) is 8.70. The van der Waals surface area contributed by atoms with Crippen LogP contribution in [0.4, 0.5) is 11.4 Å². The summed E-state index contributed by atoms with van der Waals surface area (Å²) in [5.74, 6) is 0.511. The molecule has 0 atom stereocenters. The molecular formula is C53H29N9. The maximum Gasteiger partial charge on any atom is 0.189 e. The van der Waals surface area contributed by atoms with E-state index < -0.39 is 0 Å². The highest BCUT2D eigenvalue weighted by Crippen LogP contribution is 2.42. The Balaban J connectivity index is 1.33. The molecule has 286 valence electrons. The lowest BCUT2D eigenvalue weighted by Crippen LogP contribution is -2.06. The Hall–Kier alpha value is -9.33. The second kappa shape index (κ2) is 14.5. The standard InChI is InChI=1S/C53H29N9/c1-31-17-32(2)60-53(59-31)39-26-51(61-47-11-7-5-9-42(47)44-15-13-35(24-49(44)61)37-18-33(28-54)20-40(22-37)57-3)46(30-56)52(27-39)62-48-12-8-6-10-43(48)45-16-14-36(25-50(45)62)38-19-34(29-55)21-41(23-38)58-4/h5-27H,1-2H3. The van der Waals surface area contributed by atoms with Crippen LogP contribution in [0, 0.1) is 61.0 Å². The molecule has 0 radical (unpaired) electrons. The van der Waals surface area contributed by atoms with Crippen molar-refractivity contribution >= 4 is 55.0 Å². The lowest BCUT2D eigenvalue weighted by atomic mass is 10.0. The predicted octanol–water partition coefficient (Wildman–Crippen LogP) is 13.0. The maximum atomic E-state index is 11.5. The van der Waals surface area contributed by atoms with E-state index in [9.17, 15) is 15.8 Å². The first kappa shape index (κ1) is 37.0. The van der Waals surface area contributed by atoms with Gasteiger partial charge in [-0.15, -0.1) is 0 Å². The molecule has 0 aliphatic rings. The maximum absolute atomic E-state index is 11.5. The number of benzene rings is 7. The van der Waals surface area contributed by atoms with Crippen molar-refractivity contribution in [1.82, 2.24) is 19.1 Å². The molecule has 0 unspecified atom stereocenters. The summed E-state index contributed by atoms with van der Waals surface area (Å²) in [6.45, 7) is 19.3. The van der Waals surface area contributed by atoms with Crippen molar-refractivity contribution in [2.24, 2.45) is 0 Å². The first-order chi connectivity index (χ1) is 30.3. The molecule has 9 nitrogen and oxygen atoms in total. The first-order valence-corrected chi connectivity index (χ1v) is 19.6. The minimum Gasteiger partial charge on any atom is -0.308 e. The summed E-state index contributed by atoms with van der Waals surface area (Å²) in [6, 6.07) is 51.7. The summed E-state index contributed by atoms with van der Waals surface area (Å²) >= 11 is 0. The Morgan fingerprint density at radius 1 is 0.452 bits per heavy atom. The number of para-hydroxylation sites is 2. The predicted molar refractivity (Wildman–Crippen MR) is 243 cm³/mol. The van der Waals surface area contributed by atoms with Crippen molar-refractivity contribution in [2.45, 2.75) is 13.8 Å². The molecule has 0 bridgehead atoms. The largest absolute Gasteiger partial charge is 0.308 e. The lowest BCUT2D eigenvalue weighted by Gasteiger charge is -2.18. The van der Waals surface area contributed by atoms with Crippen molar-refractivity contribution in [3.05, 3.63) is 190 Å². The number of aromatic nitrogens is 4. The SMILES string of the molecule is [C-]#[N+]c1cc(C#N)cc(-c2ccc3c4ccccc4n(-c4cc(-c5nc(C)cc(C)n5)cc(-n5c6ccccc6c6ccc(-c7cc(C#N)cc([N+]#[C-])c7)cc65)c4C#N)c3c2)c1. The molecular weight excluding hydrogens is 763 g/mol. The molecule has 0 fully saturated rings. The van der Waals surface area contributed by atoms with Gasteiger partial charge in [0, 0.05) is 49.6 Å². The van der Waals surface area contributed by atoms with Crippen LogP contribution < -0.4 is 0 Å². The second-order valence-corrected chi connectivity index (χ2v) is 15.1. The summed E-state index contributed by atoms with van der Waals surface area (Å²) in [4.78, 5) is 17.1. The number of hydrogen-bond donors (Lipinski definition) is 0. The van der Waals surface area contributed by atoms with Crippen molar-refractivity contribution < 1.29 is 0 Å². The van der Waals surface area contributed by atoms with Crippen LogP contribution in [0.5, 0.6) is 0 Å². The van der Waals surface area contributed by atoms with Gasteiger partial charge in [0.1, 0.15) is 11.6 Å². The molecule has 10 aromatic rings. The third-order valence-corrected chi connectivity index (χ3v) is 11.3. The average Bonchev–Trinajstić information content (AvgIpc) is 3.82. The summed E-state index contributed by atoms with van der Waals surface area (Å²) < 4.78 is 4.23. The normalized spacial score (nSPS) is 11.0. The second-order valence-electron chi connectivity index (χ2n) is 15.1. The molecule has 9 heteroatoms. The molecule has 7 aromatic carbocycles. The number of aryl methyl sites for hydroxylation is 2. The third-order valence-electron chi connectivity index (χ3n) is 11.3. The van der Waals surface area contributed by atoms with Crippen molar-refractivity contribution in [3.8, 4) is 63.2 Å². The van der Waals surface area contributed by atoms with Crippen LogP contribution in [0.1, 0.15) is 28.1 Å². The Morgan fingerprint density at radius 2 is 0.903 bits per heavy atom. The van der Waals surface area contributed by atoms with Crippen LogP contribution in [0.3, 0.4) is 0 Å². The highest BCUT2D eigenvalue weighted by Gasteiger charge is 2.24. The molecule has 10 rings (SSSR count). The monoisotopic (exact) mass is 791 g/mol. The molecule has 3 heterocycles. The van der Waals surface area contributed by atoms with E-state index in [2.05, 4.69) is 73.4 Å². The molecule has 0 spiro atoms. The topological polar surface area (TPSA) is 116 Å². The summed E-state index contributed by atoms with van der Waals surface area (Å²) in [7, 11) is 0. The van der Waals surface area contributed by atoms with E-state index >= 15 is 0 Å². The van der Waals surface area contributed by atoms with E-state index in [0.29, 0.717) is 50.8 Å². The van der Waals surface area contributed by atoms with Gasteiger partial charge in [0.25, 0.3) is 0 Å². The lowest BCUT2D eigenvalue weighted by molar-refractivity contribution is 1.05. The van der Waals surface area contributed by atoms with Crippen molar-refractivity contribution in [3.63, 3.8) is 0 Å². The third kappa shape index (κ3) is 5.97. The molecule has 0 aliphatic heterocycles. The van der Waals surface area contributed by atoms with Gasteiger partial charge in [-0.25, -0.2) is 19.7 Å². The number of rotatable bonds is 5. The van der Waals surface area contributed by atoms with Crippen molar-refractivity contribution in [2.75, 3.05) is 0 Å². The number of nitrogens with zero attached hydrogens (tertiary/aromatic N) is 9. The number of fused-ring (bicyclic) bond motifs is 6. The van der Waals surface area contributed by atoms with Crippen LogP contribution in [0.15, 0.2) is 140 Å². The van der Waals surface area contributed by atoms with Gasteiger partial charge in [0.2, 0.25) is 0 Å². The Labute approximate surface area is 356 Å². The molecule has 3 aromatic heterocycles. The van der Waals surface area contributed by atoms with E-state index in [4.69, 9.17) is 23.1 Å². The van der Waals surface area contributed by atoms with Crippen LogP contribution in [-0.2, 0) is 0 Å². The van der Waals surface area contributed by atoms with Gasteiger partial charge in [-0.1, -0.05) is 60.7 Å². The van der Waals surface area contributed by atoms with Gasteiger partial charge in [-0.05, 0) is 115 Å². The van der Waals surface area contributed by atoms with Gasteiger partial charge in [0.05, 0.1) is 58.7 Å². The van der Waals surface area contributed by atoms with Gasteiger partial charge in [-0.3, -0.25) is 0 Å². The highest BCUT2D eigenvalue weighted by molar-refractivity contribution is 6.12. The van der Waals surface area contributed by atoms with E-state index in [-0.39, 0.29) is 0 Å². The van der Waals surface area contributed by atoms with Crippen LogP contribution in [0.2, 0.25) is 0 Å². The Bertz CT molecular complexity index is 3490. The number of hydrogen-bond acceptors (Lipinski definition) is 5. The molecule has 0 saturated heterocycles. The molecule has 0 aliphatic carbocycles. The van der Waals surface area contributed by atoms with Gasteiger partial charge in [-0.2, -0.15) is 15.8 Å². The molecule has 0 N–H and O–H groups in total. The zero-order valence-corrected chi connectivity index (χ0v) is 33.3. The van der Waals surface area contributed by atoms with Crippen LogP contribution in [0.25, 0.3) is 98.3 Å². The van der Waals surface area contributed by atoms with Gasteiger partial charge < -0.3 is 9.13 Å². The smallest absolute Gasteiger partial charge is 0.189 e. The summed E-state index contributed by atoms with van der Waals surface area (Å²) in [6.07, 6.45) is 0. The minimum atomic E-state index is 0.371. The zero-order valence-electron chi connectivity index (χ0n) is 33.3. The quantitative estimate of drug-likeness (QED) is 0.161. The minimum absolute atomic E-state index is 0.371. The number of nitriles is 3. The Kier molecular flexibility index (Phi) is 8.64. The molecule has 62 heavy (non-hydrogen) atoms. The van der Waals surface area contributed by atoms with Crippen molar-refractivity contribution in [1.29, 1.82) is 15.8 Å². The fraction of sp³-hybridized carbons (Fsp3) is 0.0377. The summed E-state index contributed by atoms with van der Waals surface area (Å²) in [5, 5.41) is 35.1. The van der Waals surface area contributed by atoms with Crippen LogP contribution >= 0.6 is 0 Å². The molecule has 0 amide bonds. The van der Waals surface area contributed by atoms with Crippen LogP contribution in [-0.4, -0.2) is 19.1 Å². The van der Waals surface area contributed by atoms with Gasteiger partial charge in [0.15, 0.2) is 17.2 Å². The zero-order chi connectivity index (χ0) is 42.6. The molecule has 0 saturated carbocycles. The average molecular weight is 792 g/mol. The van der Waals surface area contributed by atoms with E-state index in [1.807, 2.05) is 80.6 Å². The van der Waals surface area contributed by atoms with Gasteiger partial charge >= 0.3 is 0 Å². The first-order valence-electron chi connectivity index (χ1n) is 19.6. The highest BCUT2D eigenvalue weighted by atomic mass is 15.0. The van der Waals surface area contributed by atoms with E-state index in [1.165, 1.54) is 0 Å². The summed E-state index contributed by atoms with van der Waals surface area (Å²) in [5.41, 5.74) is 12.0. The van der Waals surface area contributed by atoms with E-state index in [0.717, 1.165) is 77.3 Å².